The van der Waals surface area contributed by atoms with E-state index in [9.17, 15) is 13.9 Å². The lowest BCUT2D eigenvalue weighted by molar-refractivity contribution is -0.124. The van der Waals surface area contributed by atoms with Crippen molar-refractivity contribution >= 4 is 31.6 Å². The minimum atomic E-state index is -3.62. The molecule has 0 aromatic heterocycles. The molecule has 0 spiro atoms. The van der Waals surface area contributed by atoms with Crippen LogP contribution in [0.1, 0.15) is 31.2 Å². The lowest BCUT2D eigenvalue weighted by Crippen LogP contribution is -2.30. The maximum Gasteiger partial charge on any atom is 0.361 e. The lowest BCUT2D eigenvalue weighted by Gasteiger charge is -2.26. The fourth-order valence-electron chi connectivity index (χ4n) is 3.34. The van der Waals surface area contributed by atoms with E-state index in [2.05, 4.69) is 0 Å². The van der Waals surface area contributed by atoms with Gasteiger partial charge in [-0.25, -0.2) is 0 Å². The fraction of sp³-hybridized carbons (Fsp3) is 0.588. The molecule has 146 valence electrons. The number of carbonyl (C=O) groups is 1. The van der Waals surface area contributed by atoms with Crippen molar-refractivity contribution in [3.05, 3.63) is 23.8 Å². The second kappa shape index (κ2) is 8.92. The molecule has 0 bridgehead atoms. The van der Waals surface area contributed by atoms with Crippen molar-refractivity contribution in [2.75, 3.05) is 28.4 Å². The van der Waals surface area contributed by atoms with Gasteiger partial charge in [0.15, 0.2) is 0 Å². The van der Waals surface area contributed by atoms with E-state index in [1.54, 1.807) is 18.2 Å². The van der Waals surface area contributed by atoms with Gasteiger partial charge in [0.25, 0.3) is 0 Å². The summed E-state index contributed by atoms with van der Waals surface area (Å²) < 4.78 is 46.7. The van der Waals surface area contributed by atoms with Crippen LogP contribution in [-0.4, -0.2) is 34.2 Å². The summed E-state index contributed by atoms with van der Waals surface area (Å²) in [5.41, 5.74) is 0.479. The summed E-state index contributed by atoms with van der Waals surface area (Å²) in [6.45, 7) is 0. The van der Waals surface area contributed by atoms with Gasteiger partial charge in [0, 0.05) is 40.8 Å². The molecule has 2 rings (SSSR count). The number of benzene rings is 1. The van der Waals surface area contributed by atoms with Crippen LogP contribution in [0, 0.1) is 5.92 Å². The van der Waals surface area contributed by atoms with Crippen LogP contribution in [0.3, 0.4) is 0 Å². The van der Waals surface area contributed by atoms with Crippen LogP contribution in [-0.2, 0) is 38.4 Å². The molecule has 9 heteroatoms. The Morgan fingerprint density at radius 3 is 1.85 bits per heavy atom. The number of hydrogen-bond donors (Lipinski definition) is 0. The number of Topliss-reactive ketones (excluding diaryl/α,β-unsaturated/α-hetero) is 1. The molecule has 1 aliphatic rings. The summed E-state index contributed by atoms with van der Waals surface area (Å²) in [7, 11) is -2.08. The minimum Gasteiger partial charge on any atom is -0.309 e. The molecule has 1 aromatic carbocycles. The molecule has 1 fully saturated rings. The zero-order valence-corrected chi connectivity index (χ0v) is 17.4. The van der Waals surface area contributed by atoms with E-state index in [-0.39, 0.29) is 28.7 Å². The minimum absolute atomic E-state index is 0.159. The van der Waals surface area contributed by atoms with E-state index in [1.165, 1.54) is 28.4 Å². The molecule has 0 aliphatic heterocycles. The van der Waals surface area contributed by atoms with Crippen LogP contribution >= 0.6 is 15.2 Å². The fourth-order valence-corrected chi connectivity index (χ4v) is 6.14. The van der Waals surface area contributed by atoms with Crippen LogP contribution in [0.2, 0.25) is 0 Å². The van der Waals surface area contributed by atoms with Crippen molar-refractivity contribution in [1.82, 2.24) is 0 Å². The van der Waals surface area contributed by atoms with Gasteiger partial charge in [0.2, 0.25) is 0 Å². The summed E-state index contributed by atoms with van der Waals surface area (Å²) in [6, 6.07) is 4.82. The summed E-state index contributed by atoms with van der Waals surface area (Å²) in [6.07, 6.45) is 3.39. The number of ketones is 1. The molecule has 7 nitrogen and oxygen atoms in total. The highest BCUT2D eigenvalue weighted by molar-refractivity contribution is 7.64. The maximum atomic E-state index is 13.1. The Balaban J connectivity index is 2.64. The van der Waals surface area contributed by atoms with Crippen LogP contribution in [0.5, 0.6) is 0 Å². The Labute approximate surface area is 154 Å². The Hall–Kier alpha value is -0.810. The highest BCUT2D eigenvalue weighted by Gasteiger charge is 2.37. The predicted molar refractivity (Wildman–Crippen MR) is 99.6 cm³/mol. The van der Waals surface area contributed by atoms with Crippen LogP contribution < -0.4 is 10.6 Å². The van der Waals surface area contributed by atoms with Crippen molar-refractivity contribution in [1.29, 1.82) is 0 Å². The number of rotatable bonds is 8. The van der Waals surface area contributed by atoms with E-state index in [1.807, 2.05) is 0 Å². The molecule has 0 amide bonds. The molecule has 26 heavy (non-hydrogen) atoms. The first-order valence-electron chi connectivity index (χ1n) is 8.44. The standard InChI is InChI=1S/C17H26O7P2/c1-21-25(19,22-2)16-10-7-11-17(26(20,23-3)24-4)14(16)12-13-8-5-6-9-15(13)18/h7,10-11,13H,5-6,8-9,12H2,1-4H3. The Morgan fingerprint density at radius 2 is 1.42 bits per heavy atom. The van der Waals surface area contributed by atoms with Crippen molar-refractivity contribution in [3.8, 4) is 0 Å². The second-order valence-electron chi connectivity index (χ2n) is 6.11. The van der Waals surface area contributed by atoms with Gasteiger partial charge >= 0.3 is 15.2 Å². The van der Waals surface area contributed by atoms with Gasteiger partial charge in [-0.1, -0.05) is 12.5 Å². The van der Waals surface area contributed by atoms with E-state index >= 15 is 0 Å². The first-order chi connectivity index (χ1) is 12.3. The van der Waals surface area contributed by atoms with Gasteiger partial charge in [-0.3, -0.25) is 13.9 Å². The monoisotopic (exact) mass is 404 g/mol. The van der Waals surface area contributed by atoms with E-state index in [4.69, 9.17) is 18.1 Å². The van der Waals surface area contributed by atoms with Crippen molar-refractivity contribution in [2.24, 2.45) is 5.92 Å². The second-order valence-corrected chi connectivity index (χ2v) is 10.5. The molecule has 0 N–H and O–H groups in total. The third-order valence-electron chi connectivity index (χ3n) is 4.81. The highest BCUT2D eigenvalue weighted by atomic mass is 31.2. The van der Waals surface area contributed by atoms with Crippen molar-refractivity contribution in [2.45, 2.75) is 32.1 Å². The van der Waals surface area contributed by atoms with Crippen molar-refractivity contribution in [3.63, 3.8) is 0 Å². The molecular weight excluding hydrogens is 378 g/mol. The average Bonchev–Trinajstić information content (AvgIpc) is 2.68. The van der Waals surface area contributed by atoms with Gasteiger partial charge < -0.3 is 18.1 Å². The molecule has 0 heterocycles. The predicted octanol–water partition coefficient (Wildman–Crippen LogP) is 3.21. The Bertz CT molecular complexity index is 686. The lowest BCUT2D eigenvalue weighted by atomic mass is 9.84. The SMILES string of the molecule is COP(=O)(OC)c1cccc(P(=O)(OC)OC)c1CC1CCCCC1=O. The number of hydrogen-bond acceptors (Lipinski definition) is 7. The first-order valence-corrected chi connectivity index (χ1v) is 11.5. The normalized spacial score (nSPS) is 18.9. The van der Waals surface area contributed by atoms with E-state index in [0.717, 1.165) is 19.3 Å². The molecule has 1 atom stereocenters. The Kier molecular flexibility index (Phi) is 7.37. The largest absolute Gasteiger partial charge is 0.361 e. The van der Waals surface area contributed by atoms with Crippen LogP contribution in [0.15, 0.2) is 18.2 Å². The Morgan fingerprint density at radius 1 is 0.923 bits per heavy atom. The smallest absolute Gasteiger partial charge is 0.309 e. The molecule has 1 aliphatic carbocycles. The first kappa shape index (κ1) is 21.5. The zero-order chi connectivity index (χ0) is 19.4. The number of carbonyl (C=O) groups excluding carboxylic acids is 1. The highest BCUT2D eigenvalue weighted by Crippen LogP contribution is 2.50. The molecule has 1 aromatic rings. The van der Waals surface area contributed by atoms with Gasteiger partial charge in [-0.15, -0.1) is 0 Å². The van der Waals surface area contributed by atoms with Crippen molar-refractivity contribution < 1.29 is 32.0 Å². The summed E-state index contributed by atoms with van der Waals surface area (Å²) in [5.74, 6) is -0.0701. The van der Waals surface area contributed by atoms with Gasteiger partial charge in [0.1, 0.15) is 5.78 Å². The quantitative estimate of drug-likeness (QED) is 0.615. The molecular formula is C17H26O7P2. The molecule has 1 saturated carbocycles. The third-order valence-corrected chi connectivity index (χ3v) is 8.75. The van der Waals surface area contributed by atoms with E-state index < -0.39 is 15.2 Å². The average molecular weight is 404 g/mol. The summed E-state index contributed by atoms with van der Waals surface area (Å²) in [4.78, 5) is 12.3. The molecule has 0 saturated heterocycles. The van der Waals surface area contributed by atoms with Gasteiger partial charge in [-0.05, 0) is 37.0 Å². The van der Waals surface area contributed by atoms with Crippen LogP contribution in [0.4, 0.5) is 0 Å². The summed E-state index contributed by atoms with van der Waals surface area (Å²) >= 11 is 0. The summed E-state index contributed by atoms with van der Waals surface area (Å²) in [5, 5.41) is 0.570. The topological polar surface area (TPSA) is 88.1 Å². The van der Waals surface area contributed by atoms with E-state index in [0.29, 0.717) is 12.0 Å². The van der Waals surface area contributed by atoms with Gasteiger partial charge in [-0.2, -0.15) is 0 Å². The zero-order valence-electron chi connectivity index (χ0n) is 15.6. The van der Waals surface area contributed by atoms with Gasteiger partial charge in [0.05, 0.1) is 10.6 Å². The maximum absolute atomic E-state index is 13.1. The molecule has 1 unspecified atom stereocenters. The molecule has 0 radical (unpaired) electrons. The van der Waals surface area contributed by atoms with Crippen LogP contribution in [0.25, 0.3) is 0 Å². The third kappa shape index (κ3) is 4.19.